The third-order valence-electron chi connectivity index (χ3n) is 3.20. The molecule has 3 rings (SSSR count). The molecule has 2 amide bonds. The van der Waals surface area contributed by atoms with Crippen LogP contribution < -0.4 is 10.1 Å². The summed E-state index contributed by atoms with van der Waals surface area (Å²) >= 11 is 0. The van der Waals surface area contributed by atoms with E-state index in [9.17, 15) is 4.79 Å². The van der Waals surface area contributed by atoms with Crippen LogP contribution in [0.15, 0.2) is 23.2 Å². The molecule has 17 heavy (non-hydrogen) atoms. The van der Waals surface area contributed by atoms with E-state index in [-0.39, 0.29) is 12.1 Å². The number of aliphatic imine (C=N–C) groups is 1. The number of urea groups is 1. The second-order valence-electron chi connectivity index (χ2n) is 4.23. The molecule has 0 bridgehead atoms. The van der Waals surface area contributed by atoms with Crippen molar-refractivity contribution in [3.63, 3.8) is 0 Å². The van der Waals surface area contributed by atoms with Crippen molar-refractivity contribution in [2.75, 3.05) is 14.2 Å². The molecule has 0 spiro atoms. The van der Waals surface area contributed by atoms with Crippen LogP contribution in [0, 0.1) is 0 Å². The minimum absolute atomic E-state index is 0.00731. The number of benzene rings is 1. The predicted octanol–water partition coefficient (Wildman–Crippen LogP) is 1.30. The Bertz CT molecular complexity index is 524. The highest BCUT2D eigenvalue weighted by Crippen LogP contribution is 2.31. The lowest BCUT2D eigenvalue weighted by atomic mass is 10.0. The lowest BCUT2D eigenvalue weighted by molar-refractivity contribution is 0.232. The van der Waals surface area contributed by atoms with Crippen LogP contribution in [0.3, 0.4) is 0 Å². The molecule has 88 valence electrons. The van der Waals surface area contributed by atoms with Crippen LogP contribution in [0.4, 0.5) is 10.5 Å². The molecule has 2 aliphatic rings. The SMILES string of the molecule is COc1ccc2c(c1)CC1NC(=O)N(C)C1=N2. The van der Waals surface area contributed by atoms with Crippen LogP contribution in [0.5, 0.6) is 5.75 Å². The fourth-order valence-corrected chi connectivity index (χ4v) is 2.25. The second kappa shape index (κ2) is 3.48. The highest BCUT2D eigenvalue weighted by atomic mass is 16.5. The number of fused-ring (bicyclic) bond motifs is 2. The summed E-state index contributed by atoms with van der Waals surface area (Å²) in [5, 5.41) is 2.90. The normalized spacial score (nSPS) is 21.5. The summed E-state index contributed by atoms with van der Waals surface area (Å²) in [5.74, 6) is 1.62. The van der Waals surface area contributed by atoms with Gasteiger partial charge in [0.25, 0.3) is 0 Å². The number of nitrogens with zero attached hydrogens (tertiary/aromatic N) is 2. The van der Waals surface area contributed by atoms with Crippen molar-refractivity contribution in [2.45, 2.75) is 12.5 Å². The zero-order valence-corrected chi connectivity index (χ0v) is 9.73. The first-order valence-electron chi connectivity index (χ1n) is 5.49. The van der Waals surface area contributed by atoms with Crippen LogP contribution in [-0.4, -0.2) is 37.0 Å². The number of rotatable bonds is 1. The fraction of sp³-hybridized carbons (Fsp3) is 0.333. The fourth-order valence-electron chi connectivity index (χ4n) is 2.25. The largest absolute Gasteiger partial charge is 0.497 e. The number of carbonyl (C=O) groups excluding carboxylic acids is 1. The van der Waals surface area contributed by atoms with Gasteiger partial charge in [-0.15, -0.1) is 0 Å². The van der Waals surface area contributed by atoms with Crippen molar-refractivity contribution in [3.8, 4) is 5.75 Å². The third kappa shape index (κ3) is 1.46. The average Bonchev–Trinajstić information content (AvgIpc) is 2.62. The van der Waals surface area contributed by atoms with E-state index >= 15 is 0 Å². The zero-order chi connectivity index (χ0) is 12.0. The van der Waals surface area contributed by atoms with E-state index in [2.05, 4.69) is 10.3 Å². The van der Waals surface area contributed by atoms with E-state index in [0.29, 0.717) is 0 Å². The summed E-state index contributed by atoms with van der Waals surface area (Å²) in [4.78, 5) is 17.6. The monoisotopic (exact) mass is 231 g/mol. The molecule has 5 heteroatoms. The standard InChI is InChI=1S/C12H13N3O2/c1-15-11-10(14-12(15)16)6-7-5-8(17-2)3-4-9(7)13-11/h3-5,10H,6H2,1-2H3,(H,14,16). The molecular formula is C12H13N3O2. The van der Waals surface area contributed by atoms with E-state index < -0.39 is 0 Å². The first-order chi connectivity index (χ1) is 8.19. The number of hydrogen-bond acceptors (Lipinski definition) is 3. The molecule has 1 aromatic rings. The van der Waals surface area contributed by atoms with Crippen LogP contribution in [0.2, 0.25) is 0 Å². The van der Waals surface area contributed by atoms with Crippen molar-refractivity contribution in [1.82, 2.24) is 10.2 Å². The number of carbonyl (C=O) groups is 1. The van der Waals surface area contributed by atoms with Gasteiger partial charge in [-0.2, -0.15) is 0 Å². The van der Waals surface area contributed by atoms with Crippen LogP contribution in [0.25, 0.3) is 0 Å². The highest BCUT2D eigenvalue weighted by Gasteiger charge is 2.36. The van der Waals surface area contributed by atoms with E-state index in [4.69, 9.17) is 4.74 Å². The molecule has 1 N–H and O–H groups in total. The summed E-state index contributed by atoms with van der Waals surface area (Å²) < 4.78 is 5.19. The molecule has 1 unspecified atom stereocenters. The quantitative estimate of drug-likeness (QED) is 0.792. The van der Waals surface area contributed by atoms with Gasteiger partial charge in [-0.25, -0.2) is 9.79 Å². The van der Waals surface area contributed by atoms with Gasteiger partial charge < -0.3 is 10.1 Å². The lowest BCUT2D eigenvalue weighted by Crippen LogP contribution is -2.33. The van der Waals surface area contributed by atoms with Crippen molar-refractivity contribution in [3.05, 3.63) is 23.8 Å². The number of methoxy groups -OCH3 is 1. The molecule has 0 radical (unpaired) electrons. The number of amidine groups is 1. The maximum Gasteiger partial charge on any atom is 0.323 e. The number of nitrogens with one attached hydrogen (secondary N) is 1. The van der Waals surface area contributed by atoms with Gasteiger partial charge in [0.1, 0.15) is 11.6 Å². The number of ether oxygens (including phenoxy) is 1. The summed E-state index contributed by atoms with van der Waals surface area (Å²) in [7, 11) is 3.38. The van der Waals surface area contributed by atoms with Gasteiger partial charge in [-0.3, -0.25) is 4.90 Å². The maximum atomic E-state index is 11.5. The number of hydrogen-bond donors (Lipinski definition) is 1. The Morgan fingerprint density at radius 2 is 2.35 bits per heavy atom. The molecule has 0 aliphatic carbocycles. The van der Waals surface area contributed by atoms with E-state index in [1.54, 1.807) is 19.1 Å². The molecule has 1 fully saturated rings. The number of likely N-dealkylation sites (N-methyl/N-ethyl adjacent to an activating group) is 1. The van der Waals surface area contributed by atoms with E-state index in [0.717, 1.165) is 29.3 Å². The summed E-state index contributed by atoms with van der Waals surface area (Å²) in [6.45, 7) is 0. The second-order valence-corrected chi connectivity index (χ2v) is 4.23. The summed E-state index contributed by atoms with van der Waals surface area (Å²) in [6, 6.07) is 5.68. The Morgan fingerprint density at radius 1 is 1.53 bits per heavy atom. The van der Waals surface area contributed by atoms with Gasteiger partial charge in [0.05, 0.1) is 18.8 Å². The Hall–Kier alpha value is -2.04. The van der Waals surface area contributed by atoms with Gasteiger partial charge in [0.15, 0.2) is 0 Å². The molecule has 1 atom stereocenters. The molecular weight excluding hydrogens is 218 g/mol. The summed E-state index contributed by atoms with van der Waals surface area (Å²) in [6.07, 6.45) is 0.765. The summed E-state index contributed by atoms with van der Waals surface area (Å²) in [5.41, 5.74) is 2.02. The van der Waals surface area contributed by atoms with Crippen LogP contribution >= 0.6 is 0 Å². The predicted molar refractivity (Wildman–Crippen MR) is 63.9 cm³/mol. The molecule has 1 aromatic carbocycles. The smallest absolute Gasteiger partial charge is 0.323 e. The lowest BCUT2D eigenvalue weighted by Gasteiger charge is -2.20. The van der Waals surface area contributed by atoms with Crippen molar-refractivity contribution >= 4 is 17.6 Å². The molecule has 0 aromatic heterocycles. The highest BCUT2D eigenvalue weighted by molar-refractivity contribution is 6.08. The van der Waals surface area contributed by atoms with Crippen LogP contribution in [-0.2, 0) is 6.42 Å². The molecule has 2 heterocycles. The Morgan fingerprint density at radius 3 is 3.12 bits per heavy atom. The van der Waals surface area contributed by atoms with Gasteiger partial charge in [-0.05, 0) is 23.8 Å². The van der Waals surface area contributed by atoms with Crippen molar-refractivity contribution in [2.24, 2.45) is 4.99 Å². The molecule has 2 aliphatic heterocycles. The molecule has 1 saturated heterocycles. The molecule has 0 saturated carbocycles. The van der Waals surface area contributed by atoms with Gasteiger partial charge in [-0.1, -0.05) is 0 Å². The minimum atomic E-state index is -0.0893. The number of amides is 2. The van der Waals surface area contributed by atoms with Crippen molar-refractivity contribution < 1.29 is 9.53 Å². The Kier molecular flexibility index (Phi) is 2.07. The van der Waals surface area contributed by atoms with Crippen molar-refractivity contribution in [1.29, 1.82) is 0 Å². The van der Waals surface area contributed by atoms with E-state index in [1.807, 2.05) is 18.2 Å². The third-order valence-corrected chi connectivity index (χ3v) is 3.20. The topological polar surface area (TPSA) is 53.9 Å². The average molecular weight is 231 g/mol. The van der Waals surface area contributed by atoms with Gasteiger partial charge >= 0.3 is 6.03 Å². The zero-order valence-electron chi connectivity index (χ0n) is 9.73. The van der Waals surface area contributed by atoms with Gasteiger partial charge in [0, 0.05) is 13.5 Å². The first-order valence-corrected chi connectivity index (χ1v) is 5.49. The maximum absolute atomic E-state index is 11.5. The minimum Gasteiger partial charge on any atom is -0.497 e. The molecule has 5 nitrogen and oxygen atoms in total. The van der Waals surface area contributed by atoms with Crippen LogP contribution in [0.1, 0.15) is 5.56 Å². The Labute approximate surface area is 99.1 Å². The van der Waals surface area contributed by atoms with Gasteiger partial charge in [0.2, 0.25) is 0 Å². The Balaban J connectivity index is 2.04. The van der Waals surface area contributed by atoms with E-state index in [1.165, 1.54) is 0 Å². The first kappa shape index (κ1) is 10.1.